The lowest BCUT2D eigenvalue weighted by Gasteiger charge is -2.20. The van der Waals surface area contributed by atoms with Crippen molar-refractivity contribution in [3.05, 3.63) is 28.5 Å². The Hall–Kier alpha value is -0.900. The highest BCUT2D eigenvalue weighted by Gasteiger charge is 2.26. The number of hydrogen-bond acceptors (Lipinski definition) is 2. The van der Waals surface area contributed by atoms with E-state index in [9.17, 15) is 4.79 Å². The van der Waals surface area contributed by atoms with Gasteiger partial charge in [0.2, 0.25) is 5.91 Å². The second-order valence-electron chi connectivity index (χ2n) is 3.86. The molecule has 0 fully saturated rings. The molecular weight excluding hydrogens is 244 g/mol. The summed E-state index contributed by atoms with van der Waals surface area (Å²) in [5.74, 6) is -0.310. The van der Waals surface area contributed by atoms with Crippen LogP contribution in [0.3, 0.4) is 0 Å². The molecule has 76 valence electrons. The smallest absolute Gasteiger partial charge is 0.223 e. The number of carbonyl (C=O) groups is 1. The van der Waals surface area contributed by atoms with Gasteiger partial charge in [0.15, 0.2) is 0 Å². The summed E-state index contributed by atoms with van der Waals surface area (Å²) >= 11 is 3.38. The Morgan fingerprint density at radius 2 is 2.29 bits per heavy atom. The largest absolute Gasteiger partial charge is 0.369 e. The van der Waals surface area contributed by atoms with Crippen LogP contribution in [0.15, 0.2) is 22.8 Å². The van der Waals surface area contributed by atoms with Crippen LogP contribution in [0, 0.1) is 5.41 Å². The van der Waals surface area contributed by atoms with Gasteiger partial charge in [-0.15, -0.1) is 0 Å². The summed E-state index contributed by atoms with van der Waals surface area (Å²) < 4.78 is 0.911. The highest BCUT2D eigenvalue weighted by atomic mass is 79.9. The highest BCUT2D eigenvalue weighted by Crippen LogP contribution is 2.24. The molecule has 0 spiro atoms. The second-order valence-corrected chi connectivity index (χ2v) is 4.71. The number of nitrogens with two attached hydrogens (primary N) is 1. The molecule has 1 aromatic rings. The van der Waals surface area contributed by atoms with E-state index in [0.29, 0.717) is 6.42 Å². The van der Waals surface area contributed by atoms with Crippen molar-refractivity contribution in [3.8, 4) is 0 Å². The number of carbonyl (C=O) groups excluding carboxylic acids is 1. The number of primary amides is 1. The Morgan fingerprint density at radius 1 is 1.64 bits per heavy atom. The summed E-state index contributed by atoms with van der Waals surface area (Å²) in [6, 6.07) is 3.74. The maximum absolute atomic E-state index is 11.1. The van der Waals surface area contributed by atoms with Crippen molar-refractivity contribution < 1.29 is 4.79 Å². The number of hydrogen-bond donors (Lipinski definition) is 1. The Bertz CT molecular complexity index is 350. The Labute approximate surface area is 91.8 Å². The van der Waals surface area contributed by atoms with E-state index in [1.165, 1.54) is 0 Å². The van der Waals surface area contributed by atoms with Gasteiger partial charge in [0.05, 0.1) is 5.69 Å². The van der Waals surface area contributed by atoms with Crippen molar-refractivity contribution in [1.29, 1.82) is 0 Å². The monoisotopic (exact) mass is 256 g/mol. The van der Waals surface area contributed by atoms with Gasteiger partial charge in [-0.05, 0) is 28.1 Å². The minimum atomic E-state index is -0.559. The van der Waals surface area contributed by atoms with Gasteiger partial charge in [0.25, 0.3) is 0 Å². The Balaban J connectivity index is 2.89. The molecule has 3 nitrogen and oxygen atoms in total. The SMILES string of the molecule is CC(C)(Cc1ncccc1Br)C(N)=O. The van der Waals surface area contributed by atoms with Crippen LogP contribution in [-0.4, -0.2) is 10.9 Å². The van der Waals surface area contributed by atoms with E-state index in [-0.39, 0.29) is 5.91 Å². The van der Waals surface area contributed by atoms with Gasteiger partial charge in [-0.25, -0.2) is 0 Å². The summed E-state index contributed by atoms with van der Waals surface area (Å²) in [6.45, 7) is 3.63. The molecule has 14 heavy (non-hydrogen) atoms. The van der Waals surface area contributed by atoms with Crippen LogP contribution in [0.25, 0.3) is 0 Å². The minimum absolute atomic E-state index is 0.310. The summed E-state index contributed by atoms with van der Waals surface area (Å²) in [5, 5.41) is 0. The maximum atomic E-state index is 11.1. The lowest BCUT2D eigenvalue weighted by Crippen LogP contribution is -2.33. The van der Waals surface area contributed by atoms with E-state index in [1.807, 2.05) is 26.0 Å². The molecule has 0 unspecified atom stereocenters. The summed E-state index contributed by atoms with van der Waals surface area (Å²) in [6.07, 6.45) is 2.25. The topological polar surface area (TPSA) is 56.0 Å². The second kappa shape index (κ2) is 4.09. The fraction of sp³-hybridized carbons (Fsp3) is 0.400. The molecule has 4 heteroatoms. The molecule has 0 aromatic carbocycles. The van der Waals surface area contributed by atoms with E-state index in [0.717, 1.165) is 10.2 Å². The minimum Gasteiger partial charge on any atom is -0.369 e. The number of halogens is 1. The van der Waals surface area contributed by atoms with Gasteiger partial charge in [0, 0.05) is 22.5 Å². The predicted molar refractivity (Wildman–Crippen MR) is 58.6 cm³/mol. The van der Waals surface area contributed by atoms with Gasteiger partial charge in [-0.2, -0.15) is 0 Å². The molecule has 2 N–H and O–H groups in total. The molecule has 0 aliphatic heterocycles. The highest BCUT2D eigenvalue weighted by molar-refractivity contribution is 9.10. The van der Waals surface area contributed by atoms with Crippen molar-refractivity contribution in [2.45, 2.75) is 20.3 Å². The number of pyridine rings is 1. The molecule has 0 aliphatic rings. The third-order valence-electron chi connectivity index (χ3n) is 2.11. The molecular formula is C10H13BrN2O. The van der Waals surface area contributed by atoms with E-state index in [1.54, 1.807) is 6.20 Å². The number of nitrogens with zero attached hydrogens (tertiary/aromatic N) is 1. The predicted octanol–water partition coefficient (Wildman–Crippen LogP) is 1.90. The number of aromatic nitrogens is 1. The summed E-state index contributed by atoms with van der Waals surface area (Å²) in [5.41, 5.74) is 5.59. The zero-order valence-corrected chi connectivity index (χ0v) is 9.84. The van der Waals surface area contributed by atoms with E-state index in [4.69, 9.17) is 5.73 Å². The van der Waals surface area contributed by atoms with Crippen molar-refractivity contribution >= 4 is 21.8 Å². The third-order valence-corrected chi connectivity index (χ3v) is 2.83. The lowest BCUT2D eigenvalue weighted by molar-refractivity contribution is -0.125. The van der Waals surface area contributed by atoms with Crippen LogP contribution in [0.1, 0.15) is 19.5 Å². The molecule has 0 atom stereocenters. The molecule has 1 amide bonds. The Morgan fingerprint density at radius 3 is 2.79 bits per heavy atom. The van der Waals surface area contributed by atoms with Crippen LogP contribution in [0.4, 0.5) is 0 Å². The first-order valence-corrected chi connectivity index (χ1v) is 5.12. The number of amides is 1. The normalized spacial score (nSPS) is 11.4. The summed E-state index contributed by atoms with van der Waals surface area (Å²) in [7, 11) is 0. The third kappa shape index (κ3) is 2.54. The molecule has 0 saturated carbocycles. The molecule has 0 aliphatic carbocycles. The first-order valence-electron chi connectivity index (χ1n) is 4.33. The molecule has 0 saturated heterocycles. The molecule has 1 heterocycles. The first kappa shape index (κ1) is 11.2. The molecule has 0 radical (unpaired) electrons. The van der Waals surface area contributed by atoms with Gasteiger partial charge in [-0.3, -0.25) is 9.78 Å². The zero-order valence-electron chi connectivity index (χ0n) is 8.25. The van der Waals surface area contributed by atoms with Gasteiger partial charge in [0.1, 0.15) is 0 Å². The van der Waals surface area contributed by atoms with Crippen molar-refractivity contribution in [3.63, 3.8) is 0 Å². The van der Waals surface area contributed by atoms with Crippen molar-refractivity contribution in [2.24, 2.45) is 11.1 Å². The van der Waals surface area contributed by atoms with E-state index >= 15 is 0 Å². The van der Waals surface area contributed by atoms with Crippen LogP contribution in [-0.2, 0) is 11.2 Å². The molecule has 0 bridgehead atoms. The molecule has 1 rings (SSSR count). The van der Waals surface area contributed by atoms with Crippen LogP contribution in [0.2, 0.25) is 0 Å². The average molecular weight is 257 g/mol. The first-order chi connectivity index (χ1) is 6.43. The zero-order chi connectivity index (χ0) is 10.8. The summed E-state index contributed by atoms with van der Waals surface area (Å²) in [4.78, 5) is 15.3. The standard InChI is InChI=1S/C10H13BrN2O/c1-10(2,9(12)14)6-8-7(11)4-3-5-13-8/h3-5H,6H2,1-2H3,(H2,12,14). The van der Waals surface area contributed by atoms with Crippen LogP contribution < -0.4 is 5.73 Å². The van der Waals surface area contributed by atoms with Gasteiger partial charge >= 0.3 is 0 Å². The maximum Gasteiger partial charge on any atom is 0.223 e. The van der Waals surface area contributed by atoms with Crippen LogP contribution in [0.5, 0.6) is 0 Å². The number of rotatable bonds is 3. The van der Waals surface area contributed by atoms with E-state index in [2.05, 4.69) is 20.9 Å². The fourth-order valence-electron chi connectivity index (χ4n) is 1.05. The van der Waals surface area contributed by atoms with E-state index < -0.39 is 5.41 Å². The van der Waals surface area contributed by atoms with Gasteiger partial charge < -0.3 is 5.73 Å². The van der Waals surface area contributed by atoms with Crippen molar-refractivity contribution in [2.75, 3.05) is 0 Å². The average Bonchev–Trinajstić information content (AvgIpc) is 2.08. The quantitative estimate of drug-likeness (QED) is 0.899. The van der Waals surface area contributed by atoms with Gasteiger partial charge in [-0.1, -0.05) is 13.8 Å². The lowest BCUT2D eigenvalue weighted by atomic mass is 9.87. The van der Waals surface area contributed by atoms with Crippen LogP contribution >= 0.6 is 15.9 Å². The van der Waals surface area contributed by atoms with Crippen molar-refractivity contribution in [1.82, 2.24) is 4.98 Å². The Kier molecular flexibility index (Phi) is 3.26. The fourth-order valence-corrected chi connectivity index (χ4v) is 1.45. The molecule has 1 aromatic heterocycles.